The summed E-state index contributed by atoms with van der Waals surface area (Å²) in [4.78, 5) is 0. The van der Waals surface area contributed by atoms with Gasteiger partial charge in [0, 0.05) is 7.11 Å². The number of nitriles is 1. The Morgan fingerprint density at radius 3 is 2.78 bits per heavy atom. The molecule has 3 nitrogen and oxygen atoms in total. The van der Waals surface area contributed by atoms with Crippen molar-refractivity contribution in [2.45, 2.75) is 13.0 Å². The van der Waals surface area contributed by atoms with E-state index in [1.54, 1.807) is 7.11 Å². The molecule has 0 radical (unpaired) electrons. The Hall–Kier alpha value is -0.590. The lowest BCUT2D eigenvalue weighted by molar-refractivity contribution is 0.183. The molecule has 0 aromatic rings. The minimum atomic E-state index is -0.153. The van der Waals surface area contributed by atoms with Gasteiger partial charge >= 0.3 is 0 Å². The molecule has 0 rings (SSSR count). The van der Waals surface area contributed by atoms with Crippen LogP contribution in [-0.4, -0.2) is 26.3 Å². The first-order valence-corrected chi connectivity index (χ1v) is 2.97. The van der Waals surface area contributed by atoms with Crippen LogP contribution in [0.25, 0.3) is 0 Å². The summed E-state index contributed by atoms with van der Waals surface area (Å²) in [5.41, 5.74) is 0. The van der Waals surface area contributed by atoms with Crippen molar-refractivity contribution in [2.75, 3.05) is 20.3 Å². The predicted octanol–water partition coefficient (Wildman–Crippen LogP) is 0.134. The molecule has 0 aliphatic carbocycles. The second kappa shape index (κ2) is 5.54. The first kappa shape index (κ1) is 8.41. The zero-order valence-electron chi connectivity index (χ0n) is 5.85. The first-order chi connectivity index (χ1) is 4.35. The van der Waals surface area contributed by atoms with Crippen LogP contribution in [0.15, 0.2) is 0 Å². The SMILES string of the molecule is CCNC(C#N)COC. The summed E-state index contributed by atoms with van der Waals surface area (Å²) >= 11 is 0. The molecule has 0 saturated heterocycles. The van der Waals surface area contributed by atoms with Crippen LogP contribution in [0.4, 0.5) is 0 Å². The van der Waals surface area contributed by atoms with Crippen LogP contribution in [0, 0.1) is 11.3 Å². The molecule has 1 unspecified atom stereocenters. The first-order valence-electron chi connectivity index (χ1n) is 2.97. The molecule has 9 heavy (non-hydrogen) atoms. The van der Waals surface area contributed by atoms with Gasteiger partial charge in [0.1, 0.15) is 6.04 Å². The zero-order valence-corrected chi connectivity index (χ0v) is 5.85. The van der Waals surface area contributed by atoms with E-state index in [0.29, 0.717) is 6.61 Å². The largest absolute Gasteiger partial charge is 0.382 e. The Morgan fingerprint density at radius 2 is 2.44 bits per heavy atom. The molecule has 0 spiro atoms. The van der Waals surface area contributed by atoms with Gasteiger partial charge in [-0.15, -0.1) is 0 Å². The quantitative estimate of drug-likeness (QED) is 0.585. The van der Waals surface area contributed by atoms with E-state index in [1.165, 1.54) is 0 Å². The summed E-state index contributed by atoms with van der Waals surface area (Å²) in [6, 6.07) is 1.91. The number of nitrogens with one attached hydrogen (secondary N) is 1. The summed E-state index contributed by atoms with van der Waals surface area (Å²) in [7, 11) is 1.58. The highest BCUT2D eigenvalue weighted by Crippen LogP contribution is 1.79. The van der Waals surface area contributed by atoms with Gasteiger partial charge in [-0.2, -0.15) is 5.26 Å². The van der Waals surface area contributed by atoms with E-state index in [9.17, 15) is 0 Å². The van der Waals surface area contributed by atoms with Crippen molar-refractivity contribution in [3.63, 3.8) is 0 Å². The molecule has 1 N–H and O–H groups in total. The van der Waals surface area contributed by atoms with Crippen LogP contribution < -0.4 is 5.32 Å². The fourth-order valence-corrected chi connectivity index (χ4v) is 0.555. The van der Waals surface area contributed by atoms with Crippen molar-refractivity contribution in [3.8, 4) is 6.07 Å². The second-order valence-corrected chi connectivity index (χ2v) is 1.69. The van der Waals surface area contributed by atoms with Gasteiger partial charge < -0.3 is 10.1 Å². The van der Waals surface area contributed by atoms with Gasteiger partial charge in [0.15, 0.2) is 0 Å². The van der Waals surface area contributed by atoms with E-state index < -0.39 is 0 Å². The fourth-order valence-electron chi connectivity index (χ4n) is 0.555. The molecule has 0 heterocycles. The maximum Gasteiger partial charge on any atom is 0.119 e. The van der Waals surface area contributed by atoms with Gasteiger partial charge in [-0.1, -0.05) is 6.92 Å². The van der Waals surface area contributed by atoms with Crippen LogP contribution in [-0.2, 0) is 4.74 Å². The Kier molecular flexibility index (Phi) is 5.18. The fraction of sp³-hybridized carbons (Fsp3) is 0.833. The third-order valence-corrected chi connectivity index (χ3v) is 0.940. The molecule has 0 fully saturated rings. The van der Waals surface area contributed by atoms with E-state index in [1.807, 2.05) is 6.92 Å². The summed E-state index contributed by atoms with van der Waals surface area (Å²) < 4.78 is 4.76. The van der Waals surface area contributed by atoms with Gasteiger partial charge in [-0.05, 0) is 6.54 Å². The minimum Gasteiger partial charge on any atom is -0.382 e. The summed E-state index contributed by atoms with van der Waals surface area (Å²) in [6.45, 7) is 3.23. The maximum atomic E-state index is 8.40. The average molecular weight is 128 g/mol. The van der Waals surface area contributed by atoms with E-state index in [-0.39, 0.29) is 6.04 Å². The minimum absolute atomic E-state index is 0.153. The Morgan fingerprint density at radius 1 is 1.78 bits per heavy atom. The van der Waals surface area contributed by atoms with Gasteiger partial charge in [0.05, 0.1) is 12.7 Å². The third kappa shape index (κ3) is 3.95. The van der Waals surface area contributed by atoms with Gasteiger partial charge in [0.2, 0.25) is 0 Å². The number of hydrogen-bond donors (Lipinski definition) is 1. The standard InChI is InChI=1S/C6H12N2O/c1-3-8-6(4-7)5-9-2/h6,8H,3,5H2,1-2H3. The molecular weight excluding hydrogens is 116 g/mol. The number of rotatable bonds is 4. The van der Waals surface area contributed by atoms with Gasteiger partial charge in [-0.25, -0.2) is 0 Å². The van der Waals surface area contributed by atoms with E-state index in [0.717, 1.165) is 6.54 Å². The second-order valence-electron chi connectivity index (χ2n) is 1.69. The summed E-state index contributed by atoms with van der Waals surface area (Å²) in [5.74, 6) is 0. The Balaban J connectivity index is 3.32. The van der Waals surface area contributed by atoms with Gasteiger partial charge in [0.25, 0.3) is 0 Å². The van der Waals surface area contributed by atoms with Crippen LogP contribution in [0.2, 0.25) is 0 Å². The highest BCUT2D eigenvalue weighted by molar-refractivity contribution is 4.88. The molecule has 0 aromatic carbocycles. The van der Waals surface area contributed by atoms with Crippen molar-refractivity contribution in [3.05, 3.63) is 0 Å². The van der Waals surface area contributed by atoms with E-state index >= 15 is 0 Å². The number of ether oxygens (including phenoxy) is 1. The summed E-state index contributed by atoms with van der Waals surface area (Å²) in [6.07, 6.45) is 0. The molecule has 3 heteroatoms. The number of hydrogen-bond acceptors (Lipinski definition) is 3. The lowest BCUT2D eigenvalue weighted by Crippen LogP contribution is -2.31. The molecule has 52 valence electrons. The number of likely N-dealkylation sites (N-methyl/N-ethyl adjacent to an activating group) is 1. The molecule has 0 aliphatic rings. The molecular formula is C6H12N2O. The average Bonchev–Trinajstić information content (AvgIpc) is 1.88. The monoisotopic (exact) mass is 128 g/mol. The maximum absolute atomic E-state index is 8.40. The van der Waals surface area contributed by atoms with Crippen molar-refractivity contribution in [2.24, 2.45) is 0 Å². The van der Waals surface area contributed by atoms with Crippen molar-refractivity contribution in [1.29, 1.82) is 5.26 Å². The van der Waals surface area contributed by atoms with Crippen molar-refractivity contribution >= 4 is 0 Å². The third-order valence-electron chi connectivity index (χ3n) is 0.940. The normalized spacial score (nSPS) is 12.6. The van der Waals surface area contributed by atoms with Crippen LogP contribution in [0.3, 0.4) is 0 Å². The Bertz CT molecular complexity index is 91.7. The predicted molar refractivity (Wildman–Crippen MR) is 35.0 cm³/mol. The molecule has 0 aliphatic heterocycles. The number of nitrogens with zero attached hydrogens (tertiary/aromatic N) is 1. The topological polar surface area (TPSA) is 45.0 Å². The van der Waals surface area contributed by atoms with Crippen molar-refractivity contribution < 1.29 is 4.74 Å². The van der Waals surface area contributed by atoms with Crippen LogP contribution >= 0.6 is 0 Å². The molecule has 0 amide bonds. The van der Waals surface area contributed by atoms with Gasteiger partial charge in [-0.3, -0.25) is 0 Å². The molecule has 0 saturated carbocycles. The summed E-state index contributed by atoms with van der Waals surface area (Å²) in [5, 5.41) is 11.3. The van der Waals surface area contributed by atoms with Crippen LogP contribution in [0.1, 0.15) is 6.92 Å². The number of methoxy groups -OCH3 is 1. The van der Waals surface area contributed by atoms with Crippen LogP contribution in [0.5, 0.6) is 0 Å². The van der Waals surface area contributed by atoms with E-state index in [2.05, 4.69) is 11.4 Å². The lowest BCUT2D eigenvalue weighted by Gasteiger charge is -2.06. The molecule has 0 bridgehead atoms. The molecule has 1 atom stereocenters. The Labute approximate surface area is 55.6 Å². The van der Waals surface area contributed by atoms with Crippen molar-refractivity contribution in [1.82, 2.24) is 5.32 Å². The van der Waals surface area contributed by atoms with E-state index in [4.69, 9.17) is 10.00 Å². The lowest BCUT2D eigenvalue weighted by atomic mass is 10.3. The smallest absolute Gasteiger partial charge is 0.119 e. The molecule has 0 aromatic heterocycles. The highest BCUT2D eigenvalue weighted by atomic mass is 16.5. The zero-order chi connectivity index (χ0) is 7.11. The highest BCUT2D eigenvalue weighted by Gasteiger charge is 2.01.